The van der Waals surface area contributed by atoms with E-state index in [1.54, 1.807) is 22.7 Å². The summed E-state index contributed by atoms with van der Waals surface area (Å²) < 4.78 is 5.12. The average molecular weight is 323 g/mol. The lowest BCUT2D eigenvalue weighted by Crippen LogP contribution is -2.14. The number of hydrogen-bond donors (Lipinski definition) is 1. The Morgan fingerprint density at radius 2 is 2.48 bits per heavy atom. The Morgan fingerprint density at radius 3 is 3.24 bits per heavy atom. The molecule has 1 unspecified atom stereocenters. The quantitative estimate of drug-likeness (QED) is 0.828. The SMILES string of the molecule is CCOC(=O)C1CCc2sc(NCCc3cscn3)nc21. The molecule has 1 atom stereocenters. The van der Waals surface area contributed by atoms with Crippen LogP contribution in [0.1, 0.15) is 35.5 Å². The van der Waals surface area contributed by atoms with E-state index in [4.69, 9.17) is 4.74 Å². The molecule has 0 bridgehead atoms. The highest BCUT2D eigenvalue weighted by atomic mass is 32.1. The first kappa shape index (κ1) is 14.5. The molecular formula is C14H17N3O2S2. The first-order valence-electron chi connectivity index (χ1n) is 7.05. The third kappa shape index (κ3) is 3.24. The highest BCUT2D eigenvalue weighted by Crippen LogP contribution is 2.38. The van der Waals surface area contributed by atoms with E-state index in [0.717, 1.165) is 42.3 Å². The summed E-state index contributed by atoms with van der Waals surface area (Å²) in [5, 5.41) is 6.27. The third-order valence-corrected chi connectivity index (χ3v) is 5.15. The van der Waals surface area contributed by atoms with Crippen molar-refractivity contribution < 1.29 is 9.53 Å². The normalized spacial score (nSPS) is 16.7. The third-order valence-electron chi connectivity index (χ3n) is 3.43. The van der Waals surface area contributed by atoms with Crippen molar-refractivity contribution in [1.29, 1.82) is 0 Å². The second kappa shape index (κ2) is 6.53. The number of carbonyl (C=O) groups excluding carboxylic acids is 1. The van der Waals surface area contributed by atoms with Crippen molar-refractivity contribution in [3.63, 3.8) is 0 Å². The van der Waals surface area contributed by atoms with Crippen molar-refractivity contribution in [2.75, 3.05) is 18.5 Å². The lowest BCUT2D eigenvalue weighted by molar-refractivity contribution is -0.145. The number of esters is 1. The lowest BCUT2D eigenvalue weighted by atomic mass is 10.1. The van der Waals surface area contributed by atoms with E-state index in [2.05, 4.69) is 20.7 Å². The maximum Gasteiger partial charge on any atom is 0.315 e. The first-order valence-corrected chi connectivity index (χ1v) is 8.81. The van der Waals surface area contributed by atoms with Gasteiger partial charge in [0.2, 0.25) is 0 Å². The molecule has 2 aromatic rings. The summed E-state index contributed by atoms with van der Waals surface area (Å²) in [4.78, 5) is 22.0. The molecule has 3 rings (SSSR count). The summed E-state index contributed by atoms with van der Waals surface area (Å²) in [7, 11) is 0. The molecule has 1 aliphatic rings. The second-order valence-corrected chi connectivity index (χ2v) is 6.63. The molecule has 7 heteroatoms. The molecule has 2 heterocycles. The van der Waals surface area contributed by atoms with Gasteiger partial charge in [0.25, 0.3) is 0 Å². The van der Waals surface area contributed by atoms with Gasteiger partial charge in [0, 0.05) is 23.2 Å². The number of nitrogens with one attached hydrogen (secondary N) is 1. The van der Waals surface area contributed by atoms with Crippen LogP contribution in [0.15, 0.2) is 10.9 Å². The number of hydrogen-bond acceptors (Lipinski definition) is 7. The molecule has 0 spiro atoms. The molecule has 0 amide bonds. The van der Waals surface area contributed by atoms with Crippen LogP contribution in [-0.4, -0.2) is 29.1 Å². The number of fused-ring (bicyclic) bond motifs is 1. The van der Waals surface area contributed by atoms with Gasteiger partial charge in [-0.05, 0) is 19.8 Å². The minimum Gasteiger partial charge on any atom is -0.465 e. The molecule has 0 saturated heterocycles. The van der Waals surface area contributed by atoms with Crippen molar-refractivity contribution in [2.45, 2.75) is 32.1 Å². The Bertz CT molecular complexity index is 610. The van der Waals surface area contributed by atoms with Crippen LogP contribution >= 0.6 is 22.7 Å². The van der Waals surface area contributed by atoms with Crippen molar-refractivity contribution in [1.82, 2.24) is 9.97 Å². The van der Waals surface area contributed by atoms with Gasteiger partial charge >= 0.3 is 5.97 Å². The summed E-state index contributed by atoms with van der Waals surface area (Å²) >= 11 is 3.26. The number of aromatic nitrogens is 2. The Kier molecular flexibility index (Phi) is 4.50. The number of aryl methyl sites for hydroxylation is 1. The fourth-order valence-corrected chi connectivity index (χ4v) is 4.09. The van der Waals surface area contributed by atoms with Crippen LogP contribution in [0.25, 0.3) is 0 Å². The zero-order chi connectivity index (χ0) is 14.7. The van der Waals surface area contributed by atoms with E-state index >= 15 is 0 Å². The second-order valence-electron chi connectivity index (χ2n) is 4.83. The fourth-order valence-electron chi connectivity index (χ4n) is 2.43. The first-order chi connectivity index (χ1) is 10.3. The number of rotatable bonds is 6. The predicted molar refractivity (Wildman–Crippen MR) is 84.1 cm³/mol. The van der Waals surface area contributed by atoms with E-state index < -0.39 is 0 Å². The van der Waals surface area contributed by atoms with Gasteiger partial charge in [0.1, 0.15) is 5.92 Å². The Hall–Kier alpha value is -1.47. The topological polar surface area (TPSA) is 64.1 Å². The Labute approximate surface area is 131 Å². The molecule has 0 saturated carbocycles. The zero-order valence-corrected chi connectivity index (χ0v) is 13.4. The van der Waals surface area contributed by atoms with Crippen molar-refractivity contribution >= 4 is 33.8 Å². The smallest absolute Gasteiger partial charge is 0.315 e. The Balaban J connectivity index is 1.59. The summed E-state index contributed by atoms with van der Waals surface area (Å²) in [6.45, 7) is 3.06. The van der Waals surface area contributed by atoms with Crippen LogP contribution in [0, 0.1) is 0 Å². The standard InChI is InChI=1S/C14H17N3O2S2/c1-2-19-13(18)10-3-4-11-12(10)17-14(21-11)15-6-5-9-7-20-8-16-9/h7-8,10H,2-6H2,1H3,(H,15,17). The zero-order valence-electron chi connectivity index (χ0n) is 11.8. The van der Waals surface area contributed by atoms with Gasteiger partial charge in [0.15, 0.2) is 5.13 Å². The van der Waals surface area contributed by atoms with Crippen LogP contribution in [-0.2, 0) is 22.4 Å². The molecular weight excluding hydrogens is 306 g/mol. The molecule has 1 N–H and O–H groups in total. The van der Waals surface area contributed by atoms with E-state index in [1.807, 2.05) is 12.4 Å². The van der Waals surface area contributed by atoms with Gasteiger partial charge in [0.05, 0.1) is 23.5 Å². The summed E-state index contributed by atoms with van der Waals surface area (Å²) in [5.74, 6) is -0.319. The maximum atomic E-state index is 11.9. The van der Waals surface area contributed by atoms with Gasteiger partial charge in [-0.2, -0.15) is 0 Å². The fraction of sp³-hybridized carbons (Fsp3) is 0.500. The molecule has 0 radical (unpaired) electrons. The van der Waals surface area contributed by atoms with Crippen LogP contribution in [0.4, 0.5) is 5.13 Å². The van der Waals surface area contributed by atoms with Crippen LogP contribution in [0.2, 0.25) is 0 Å². The van der Waals surface area contributed by atoms with Crippen molar-refractivity contribution in [3.8, 4) is 0 Å². The minimum absolute atomic E-state index is 0.143. The Morgan fingerprint density at radius 1 is 1.57 bits per heavy atom. The molecule has 1 aliphatic carbocycles. The molecule has 0 fully saturated rings. The highest BCUT2D eigenvalue weighted by molar-refractivity contribution is 7.15. The monoisotopic (exact) mass is 323 g/mol. The van der Waals surface area contributed by atoms with Gasteiger partial charge in [-0.15, -0.1) is 22.7 Å². The number of ether oxygens (including phenoxy) is 1. The molecule has 21 heavy (non-hydrogen) atoms. The highest BCUT2D eigenvalue weighted by Gasteiger charge is 2.33. The van der Waals surface area contributed by atoms with Gasteiger partial charge in [-0.3, -0.25) is 4.79 Å². The molecule has 2 aromatic heterocycles. The van der Waals surface area contributed by atoms with Crippen LogP contribution in [0.3, 0.4) is 0 Å². The summed E-state index contributed by atoms with van der Waals surface area (Å²) in [6, 6.07) is 0. The minimum atomic E-state index is -0.176. The lowest BCUT2D eigenvalue weighted by Gasteiger charge is -2.08. The van der Waals surface area contributed by atoms with E-state index in [9.17, 15) is 4.79 Å². The molecule has 5 nitrogen and oxygen atoms in total. The number of nitrogens with zero attached hydrogens (tertiary/aromatic N) is 2. The molecule has 0 aromatic carbocycles. The summed E-state index contributed by atoms with van der Waals surface area (Å²) in [5.41, 5.74) is 3.85. The summed E-state index contributed by atoms with van der Waals surface area (Å²) in [6.07, 6.45) is 2.63. The van der Waals surface area contributed by atoms with Gasteiger partial charge in [-0.1, -0.05) is 0 Å². The number of thiazole rings is 2. The number of carbonyl (C=O) groups is 1. The average Bonchev–Trinajstić information content (AvgIpc) is 3.14. The predicted octanol–water partition coefficient (Wildman–Crippen LogP) is 2.85. The van der Waals surface area contributed by atoms with Crippen LogP contribution in [0.5, 0.6) is 0 Å². The molecule has 0 aliphatic heterocycles. The molecule has 112 valence electrons. The van der Waals surface area contributed by atoms with E-state index in [-0.39, 0.29) is 11.9 Å². The maximum absolute atomic E-state index is 11.9. The van der Waals surface area contributed by atoms with Gasteiger partial charge < -0.3 is 10.1 Å². The van der Waals surface area contributed by atoms with Gasteiger partial charge in [-0.25, -0.2) is 9.97 Å². The van der Waals surface area contributed by atoms with Crippen LogP contribution < -0.4 is 5.32 Å². The van der Waals surface area contributed by atoms with E-state index in [0.29, 0.717) is 6.61 Å². The van der Waals surface area contributed by atoms with E-state index in [1.165, 1.54) is 4.88 Å². The van der Waals surface area contributed by atoms with Crippen molar-refractivity contribution in [2.24, 2.45) is 0 Å². The largest absolute Gasteiger partial charge is 0.465 e. The van der Waals surface area contributed by atoms with Crippen molar-refractivity contribution in [3.05, 3.63) is 27.2 Å². The number of anilines is 1.